The van der Waals surface area contributed by atoms with Crippen LogP contribution in [-0.2, 0) is 6.54 Å². The van der Waals surface area contributed by atoms with Crippen LogP contribution in [0.2, 0.25) is 0 Å². The van der Waals surface area contributed by atoms with E-state index in [2.05, 4.69) is 20.6 Å². The van der Waals surface area contributed by atoms with Crippen LogP contribution in [0.1, 0.15) is 27.2 Å². The van der Waals surface area contributed by atoms with Crippen molar-refractivity contribution in [1.82, 2.24) is 15.3 Å². The molecule has 0 atom stereocenters. The van der Waals surface area contributed by atoms with Gasteiger partial charge in [-0.1, -0.05) is 6.07 Å². The van der Waals surface area contributed by atoms with Crippen molar-refractivity contribution in [1.29, 1.82) is 5.26 Å². The molecule has 0 unspecified atom stereocenters. The van der Waals surface area contributed by atoms with Gasteiger partial charge in [0.1, 0.15) is 23.5 Å². The molecule has 0 saturated carbocycles. The first-order valence-corrected chi connectivity index (χ1v) is 11.3. The third-order valence-electron chi connectivity index (χ3n) is 6.20. The summed E-state index contributed by atoms with van der Waals surface area (Å²) in [5.41, 5.74) is 3.71. The maximum atomic E-state index is 15.3. The quantitative estimate of drug-likeness (QED) is 0.363. The van der Waals surface area contributed by atoms with Crippen LogP contribution in [-0.4, -0.2) is 29.0 Å². The summed E-state index contributed by atoms with van der Waals surface area (Å²) in [5, 5.41) is 14.2. The van der Waals surface area contributed by atoms with Crippen molar-refractivity contribution in [3.63, 3.8) is 0 Å². The number of hydrogen-bond donors (Lipinski definition) is 3. The summed E-state index contributed by atoms with van der Waals surface area (Å²) in [6, 6.07) is 12.6. The molecule has 1 aliphatic rings. The van der Waals surface area contributed by atoms with Gasteiger partial charge in [-0.2, -0.15) is 5.26 Å². The number of aryl methyl sites for hydroxylation is 1. The van der Waals surface area contributed by atoms with Crippen molar-refractivity contribution >= 4 is 23.3 Å². The number of halogens is 2. The molecule has 0 spiro atoms. The molecular weight excluding hydrogens is 478 g/mol. The summed E-state index contributed by atoms with van der Waals surface area (Å²) >= 11 is 0. The fraction of sp³-hybridized carbons (Fsp3) is 0.111. The number of urea groups is 1. The highest BCUT2D eigenvalue weighted by molar-refractivity contribution is 6.06. The number of fused-ring (bicyclic) bond motifs is 1. The second-order valence-corrected chi connectivity index (χ2v) is 8.57. The summed E-state index contributed by atoms with van der Waals surface area (Å²) in [6.07, 6.45) is 1.67. The van der Waals surface area contributed by atoms with E-state index < -0.39 is 17.7 Å². The molecule has 1 aliphatic heterocycles. The highest BCUT2D eigenvalue weighted by Gasteiger charge is 2.28. The molecule has 0 aliphatic carbocycles. The number of carbonyl (C=O) groups excluding carboxylic acids is 2. The zero-order chi connectivity index (χ0) is 26.3. The molecule has 0 radical (unpaired) electrons. The molecule has 8 nitrogen and oxygen atoms in total. The van der Waals surface area contributed by atoms with Crippen molar-refractivity contribution in [2.75, 3.05) is 17.3 Å². The van der Waals surface area contributed by atoms with E-state index in [1.807, 2.05) is 6.92 Å². The van der Waals surface area contributed by atoms with Gasteiger partial charge in [-0.05, 0) is 60.5 Å². The minimum Gasteiger partial charge on any atom is -0.348 e. The number of imidazole rings is 1. The van der Waals surface area contributed by atoms with E-state index in [1.165, 1.54) is 31.3 Å². The molecule has 3 amide bonds. The van der Waals surface area contributed by atoms with Gasteiger partial charge in [0, 0.05) is 48.0 Å². The Morgan fingerprint density at radius 2 is 1.84 bits per heavy atom. The molecule has 10 heteroatoms. The number of amides is 3. The van der Waals surface area contributed by atoms with E-state index in [9.17, 15) is 14.0 Å². The number of carbonyl (C=O) groups is 2. The van der Waals surface area contributed by atoms with Gasteiger partial charge >= 0.3 is 6.03 Å². The van der Waals surface area contributed by atoms with Crippen molar-refractivity contribution < 1.29 is 18.4 Å². The molecule has 2 heterocycles. The number of nitrogens with zero attached hydrogens (tertiary/aromatic N) is 3. The average molecular weight is 498 g/mol. The highest BCUT2D eigenvalue weighted by Crippen LogP contribution is 2.37. The first-order chi connectivity index (χ1) is 17.8. The summed E-state index contributed by atoms with van der Waals surface area (Å²) in [4.78, 5) is 33.9. The van der Waals surface area contributed by atoms with Gasteiger partial charge in [0.2, 0.25) is 0 Å². The fourth-order valence-electron chi connectivity index (χ4n) is 4.29. The number of nitrogens with one attached hydrogen (secondary N) is 3. The maximum absolute atomic E-state index is 15.3. The topological polar surface area (TPSA) is 114 Å². The van der Waals surface area contributed by atoms with Crippen molar-refractivity contribution in [2.45, 2.75) is 13.5 Å². The van der Waals surface area contributed by atoms with E-state index in [1.54, 1.807) is 30.5 Å². The van der Waals surface area contributed by atoms with Crippen LogP contribution in [0.3, 0.4) is 0 Å². The van der Waals surface area contributed by atoms with E-state index in [4.69, 9.17) is 5.26 Å². The van der Waals surface area contributed by atoms with Gasteiger partial charge in [0.15, 0.2) is 0 Å². The summed E-state index contributed by atoms with van der Waals surface area (Å²) < 4.78 is 29.2. The Morgan fingerprint density at radius 3 is 2.51 bits per heavy atom. The van der Waals surface area contributed by atoms with Crippen LogP contribution < -0.4 is 15.5 Å². The Hall–Kier alpha value is -5.04. The molecule has 5 rings (SSSR count). The molecule has 184 valence electrons. The predicted molar refractivity (Wildman–Crippen MR) is 134 cm³/mol. The van der Waals surface area contributed by atoms with Crippen LogP contribution in [0.4, 0.5) is 25.0 Å². The minimum atomic E-state index is -0.747. The van der Waals surface area contributed by atoms with Gasteiger partial charge in [-0.3, -0.25) is 9.69 Å². The SMILES string of the molecule is Cc1cnc(-c2ccc(-c3ccc(NC(=O)N(C)c4ccc(C#N)c(F)c4)cc3F)c3c2C(=O)NC3)[nH]1. The standard InChI is InChI=1S/C27H20F2N6O2/c1-14-12-31-25(33-14)20-8-7-18(21-13-32-26(36)24(20)21)19-6-4-16(9-23(19)29)34-27(37)35(2)17-5-3-15(11-30)22(28)10-17/h3-10,12H,13H2,1-2H3,(H,31,33)(H,32,36)(H,34,37). The zero-order valence-electron chi connectivity index (χ0n) is 19.8. The van der Waals surface area contributed by atoms with E-state index in [0.717, 1.165) is 16.7 Å². The lowest BCUT2D eigenvalue weighted by Gasteiger charge is -2.19. The van der Waals surface area contributed by atoms with Crippen molar-refractivity contribution in [2.24, 2.45) is 0 Å². The molecule has 37 heavy (non-hydrogen) atoms. The Kier molecular flexibility index (Phi) is 5.89. The average Bonchev–Trinajstić information content (AvgIpc) is 3.49. The van der Waals surface area contributed by atoms with Crippen LogP contribution in [0.25, 0.3) is 22.5 Å². The zero-order valence-corrected chi connectivity index (χ0v) is 19.8. The lowest BCUT2D eigenvalue weighted by molar-refractivity contribution is 0.0966. The molecule has 0 bridgehead atoms. The minimum absolute atomic E-state index is 0.133. The van der Waals surface area contributed by atoms with Gasteiger partial charge < -0.3 is 15.6 Å². The molecule has 3 aromatic carbocycles. The lowest BCUT2D eigenvalue weighted by Crippen LogP contribution is -2.31. The van der Waals surface area contributed by atoms with Crippen LogP contribution in [0, 0.1) is 29.9 Å². The predicted octanol–water partition coefficient (Wildman–Crippen LogP) is 5.11. The second-order valence-electron chi connectivity index (χ2n) is 8.57. The Labute approximate surface area is 210 Å². The molecular formula is C27H20F2N6O2. The second kappa shape index (κ2) is 9.20. The Bertz CT molecular complexity index is 1620. The first-order valence-electron chi connectivity index (χ1n) is 11.3. The van der Waals surface area contributed by atoms with Gasteiger partial charge in [0.05, 0.1) is 11.1 Å². The number of nitriles is 1. The van der Waals surface area contributed by atoms with Gasteiger partial charge in [0.25, 0.3) is 5.91 Å². The normalized spacial score (nSPS) is 12.0. The van der Waals surface area contributed by atoms with E-state index in [-0.39, 0.29) is 35.0 Å². The van der Waals surface area contributed by atoms with Crippen LogP contribution in [0.5, 0.6) is 0 Å². The van der Waals surface area contributed by atoms with Crippen molar-refractivity contribution in [3.8, 4) is 28.6 Å². The number of anilines is 2. The number of aromatic amines is 1. The smallest absolute Gasteiger partial charge is 0.326 e. The molecule has 3 N–H and O–H groups in total. The van der Waals surface area contributed by atoms with Crippen molar-refractivity contribution in [3.05, 3.63) is 88.7 Å². The van der Waals surface area contributed by atoms with Gasteiger partial charge in [-0.25, -0.2) is 18.6 Å². The molecule has 4 aromatic rings. The first kappa shape index (κ1) is 23.7. The number of aromatic nitrogens is 2. The fourth-order valence-corrected chi connectivity index (χ4v) is 4.29. The summed E-state index contributed by atoms with van der Waals surface area (Å²) in [6.45, 7) is 2.11. The number of H-pyrrole nitrogens is 1. The van der Waals surface area contributed by atoms with Gasteiger partial charge in [-0.15, -0.1) is 0 Å². The monoisotopic (exact) mass is 498 g/mol. The van der Waals surface area contributed by atoms with E-state index in [0.29, 0.717) is 28.1 Å². The molecule has 0 saturated heterocycles. The summed E-state index contributed by atoms with van der Waals surface area (Å²) in [5.74, 6) is -1.04. The maximum Gasteiger partial charge on any atom is 0.326 e. The number of hydrogen-bond acceptors (Lipinski definition) is 4. The summed E-state index contributed by atoms with van der Waals surface area (Å²) in [7, 11) is 1.43. The molecule has 0 fully saturated rings. The Balaban J connectivity index is 1.42. The Morgan fingerprint density at radius 1 is 1.08 bits per heavy atom. The highest BCUT2D eigenvalue weighted by atomic mass is 19.1. The largest absolute Gasteiger partial charge is 0.348 e. The molecule has 1 aromatic heterocycles. The third kappa shape index (κ3) is 4.27. The third-order valence-corrected chi connectivity index (χ3v) is 6.20. The lowest BCUT2D eigenvalue weighted by atomic mass is 9.92. The number of rotatable bonds is 4. The number of benzene rings is 3. The van der Waals surface area contributed by atoms with Crippen LogP contribution in [0.15, 0.2) is 54.7 Å². The van der Waals surface area contributed by atoms with Crippen LogP contribution >= 0.6 is 0 Å². The van der Waals surface area contributed by atoms with E-state index >= 15 is 4.39 Å².